The van der Waals surface area contributed by atoms with Gasteiger partial charge in [0.25, 0.3) is 0 Å². The molecule has 0 spiro atoms. The van der Waals surface area contributed by atoms with Gasteiger partial charge in [0.05, 0.1) is 0 Å². The molecule has 3 nitrogen and oxygen atoms in total. The van der Waals surface area contributed by atoms with E-state index in [-0.39, 0.29) is 0 Å². The molecule has 0 unspecified atom stereocenters. The van der Waals surface area contributed by atoms with Gasteiger partial charge >= 0.3 is 0 Å². The monoisotopic (exact) mass is 257 g/mol. The number of hydrogen-bond acceptors (Lipinski definition) is 2. The minimum atomic E-state index is 0.523. The van der Waals surface area contributed by atoms with Crippen LogP contribution in [0.4, 0.5) is 0 Å². The van der Waals surface area contributed by atoms with E-state index in [4.69, 9.17) is 0 Å². The zero-order valence-electron chi connectivity index (χ0n) is 11.8. The Bertz CT molecular complexity index is 566. The van der Waals surface area contributed by atoms with Crippen LogP contribution in [0.1, 0.15) is 24.1 Å². The van der Waals surface area contributed by atoms with Crippen LogP contribution in [0.15, 0.2) is 24.3 Å². The topological polar surface area (TPSA) is 39.8 Å². The number of H-pyrrole nitrogens is 1. The lowest BCUT2D eigenvalue weighted by molar-refractivity contribution is 0.439. The van der Waals surface area contributed by atoms with Crippen LogP contribution in [-0.4, -0.2) is 25.1 Å². The van der Waals surface area contributed by atoms with E-state index in [1.54, 1.807) is 0 Å². The van der Waals surface area contributed by atoms with Crippen LogP contribution < -0.4 is 10.6 Å². The van der Waals surface area contributed by atoms with Crippen molar-refractivity contribution < 1.29 is 0 Å². The molecule has 1 heterocycles. The Morgan fingerprint density at radius 3 is 2.74 bits per heavy atom. The van der Waals surface area contributed by atoms with Gasteiger partial charge in [-0.3, -0.25) is 0 Å². The van der Waals surface area contributed by atoms with Gasteiger partial charge in [0.2, 0.25) is 0 Å². The molecule has 0 aliphatic heterocycles. The molecule has 1 aromatic heterocycles. The van der Waals surface area contributed by atoms with E-state index in [0.717, 1.165) is 19.6 Å². The van der Waals surface area contributed by atoms with E-state index in [1.165, 1.54) is 35.0 Å². The van der Waals surface area contributed by atoms with Crippen LogP contribution in [-0.2, 0) is 6.54 Å². The Morgan fingerprint density at radius 1 is 1.21 bits per heavy atom. The average Bonchev–Trinajstić information content (AvgIpc) is 3.08. The van der Waals surface area contributed by atoms with Gasteiger partial charge in [-0.2, -0.15) is 0 Å². The van der Waals surface area contributed by atoms with Crippen molar-refractivity contribution in [3.63, 3.8) is 0 Å². The first-order valence-corrected chi connectivity index (χ1v) is 7.16. The summed E-state index contributed by atoms with van der Waals surface area (Å²) >= 11 is 0. The van der Waals surface area contributed by atoms with Crippen molar-refractivity contribution in [1.82, 2.24) is 15.6 Å². The molecular formula is C16H23N3. The molecule has 3 rings (SSSR count). The molecule has 102 valence electrons. The molecule has 1 aromatic carbocycles. The molecule has 1 fully saturated rings. The summed E-state index contributed by atoms with van der Waals surface area (Å²) in [5, 5.41) is 8.31. The number of aryl methyl sites for hydroxylation is 1. The molecule has 2 aromatic rings. The van der Waals surface area contributed by atoms with E-state index in [1.807, 2.05) is 7.05 Å². The van der Waals surface area contributed by atoms with E-state index >= 15 is 0 Å². The van der Waals surface area contributed by atoms with Crippen molar-refractivity contribution in [2.75, 3.05) is 20.1 Å². The van der Waals surface area contributed by atoms with Gasteiger partial charge in [0, 0.05) is 36.2 Å². The molecule has 1 aliphatic rings. The SMILES string of the molecule is CNCC1(CNCc2c(C)[nH]c3ccccc23)CC1. The Balaban J connectivity index is 1.67. The second-order valence-corrected chi connectivity index (χ2v) is 5.91. The highest BCUT2D eigenvalue weighted by molar-refractivity contribution is 5.84. The number of nitrogens with one attached hydrogen (secondary N) is 3. The first-order chi connectivity index (χ1) is 9.24. The fourth-order valence-electron chi connectivity index (χ4n) is 2.98. The Kier molecular flexibility index (Phi) is 3.33. The summed E-state index contributed by atoms with van der Waals surface area (Å²) in [7, 11) is 2.05. The van der Waals surface area contributed by atoms with Gasteiger partial charge in [-0.1, -0.05) is 18.2 Å². The maximum atomic E-state index is 3.65. The summed E-state index contributed by atoms with van der Waals surface area (Å²) in [5.74, 6) is 0. The number of para-hydroxylation sites is 1. The van der Waals surface area contributed by atoms with Gasteiger partial charge < -0.3 is 15.6 Å². The van der Waals surface area contributed by atoms with Crippen LogP contribution in [0.5, 0.6) is 0 Å². The molecule has 0 radical (unpaired) electrons. The maximum absolute atomic E-state index is 3.65. The second-order valence-electron chi connectivity index (χ2n) is 5.91. The minimum absolute atomic E-state index is 0.523. The lowest BCUT2D eigenvalue weighted by Gasteiger charge is -2.15. The second kappa shape index (κ2) is 4.99. The quantitative estimate of drug-likeness (QED) is 0.744. The maximum Gasteiger partial charge on any atom is 0.0459 e. The normalized spacial score (nSPS) is 16.9. The summed E-state index contributed by atoms with van der Waals surface area (Å²) < 4.78 is 0. The highest BCUT2D eigenvalue weighted by Crippen LogP contribution is 2.44. The summed E-state index contributed by atoms with van der Waals surface area (Å²) in [6.45, 7) is 5.37. The predicted molar refractivity (Wildman–Crippen MR) is 80.3 cm³/mol. The lowest BCUT2D eigenvalue weighted by atomic mass is 10.1. The van der Waals surface area contributed by atoms with Crippen molar-refractivity contribution in [3.8, 4) is 0 Å². The fourth-order valence-corrected chi connectivity index (χ4v) is 2.98. The minimum Gasteiger partial charge on any atom is -0.358 e. The largest absolute Gasteiger partial charge is 0.358 e. The molecule has 1 saturated carbocycles. The van der Waals surface area contributed by atoms with Crippen LogP contribution >= 0.6 is 0 Å². The van der Waals surface area contributed by atoms with Crippen molar-refractivity contribution in [2.24, 2.45) is 5.41 Å². The third kappa shape index (κ3) is 2.53. The predicted octanol–water partition coefficient (Wildman–Crippen LogP) is 2.57. The van der Waals surface area contributed by atoms with Crippen molar-refractivity contribution >= 4 is 10.9 Å². The molecule has 0 amide bonds. The van der Waals surface area contributed by atoms with Crippen LogP contribution in [0.2, 0.25) is 0 Å². The standard InChI is InChI=1S/C16H23N3/c1-12-14(13-5-3-4-6-15(13)19-12)9-18-11-16(7-8-16)10-17-2/h3-6,17-19H,7-11H2,1-2H3. The highest BCUT2D eigenvalue weighted by atomic mass is 14.9. The fraction of sp³-hybridized carbons (Fsp3) is 0.500. The van der Waals surface area contributed by atoms with Crippen LogP contribution in [0.3, 0.4) is 0 Å². The number of hydrogen-bond donors (Lipinski definition) is 3. The van der Waals surface area contributed by atoms with Crippen molar-refractivity contribution in [2.45, 2.75) is 26.3 Å². The number of fused-ring (bicyclic) bond motifs is 1. The van der Waals surface area contributed by atoms with Gasteiger partial charge in [-0.05, 0) is 43.9 Å². The first kappa shape index (κ1) is 12.7. The van der Waals surface area contributed by atoms with Crippen LogP contribution in [0.25, 0.3) is 10.9 Å². The molecule has 0 saturated heterocycles. The van der Waals surface area contributed by atoms with Gasteiger partial charge in [-0.25, -0.2) is 0 Å². The summed E-state index contributed by atoms with van der Waals surface area (Å²) in [6, 6.07) is 8.55. The third-order valence-corrected chi connectivity index (χ3v) is 4.34. The molecule has 0 atom stereocenters. The van der Waals surface area contributed by atoms with Gasteiger partial charge in [0.15, 0.2) is 0 Å². The highest BCUT2D eigenvalue weighted by Gasteiger charge is 2.41. The number of aromatic nitrogens is 1. The van der Waals surface area contributed by atoms with Crippen LogP contribution in [0, 0.1) is 12.3 Å². The molecule has 1 aliphatic carbocycles. The van der Waals surface area contributed by atoms with Crippen molar-refractivity contribution in [1.29, 1.82) is 0 Å². The van der Waals surface area contributed by atoms with Gasteiger partial charge in [0.1, 0.15) is 0 Å². The number of rotatable bonds is 6. The summed E-state index contributed by atoms with van der Waals surface area (Å²) in [4.78, 5) is 3.46. The summed E-state index contributed by atoms with van der Waals surface area (Å²) in [6.07, 6.45) is 2.71. The van der Waals surface area contributed by atoms with E-state index in [9.17, 15) is 0 Å². The first-order valence-electron chi connectivity index (χ1n) is 7.16. The molecule has 0 bridgehead atoms. The lowest BCUT2D eigenvalue weighted by Crippen LogP contribution is -2.31. The number of aromatic amines is 1. The van der Waals surface area contributed by atoms with Gasteiger partial charge in [-0.15, -0.1) is 0 Å². The average molecular weight is 257 g/mol. The number of benzene rings is 1. The molecule has 3 N–H and O–H groups in total. The van der Waals surface area contributed by atoms with Crippen molar-refractivity contribution in [3.05, 3.63) is 35.5 Å². The van der Waals surface area contributed by atoms with E-state index < -0.39 is 0 Å². The summed E-state index contributed by atoms with van der Waals surface area (Å²) in [5.41, 5.74) is 4.46. The smallest absolute Gasteiger partial charge is 0.0459 e. The zero-order chi connectivity index (χ0) is 13.3. The van der Waals surface area contributed by atoms with E-state index in [0.29, 0.717) is 5.41 Å². The Hall–Kier alpha value is -1.32. The Morgan fingerprint density at radius 2 is 2.00 bits per heavy atom. The Labute approximate surface area is 114 Å². The van der Waals surface area contributed by atoms with E-state index in [2.05, 4.69) is 46.8 Å². The molecule has 3 heteroatoms. The zero-order valence-corrected chi connectivity index (χ0v) is 11.8. The molecular weight excluding hydrogens is 234 g/mol. The third-order valence-electron chi connectivity index (χ3n) is 4.34. The molecule has 19 heavy (non-hydrogen) atoms.